The molecule has 1 aliphatic rings. The monoisotopic (exact) mass is 214 g/mol. The van der Waals surface area contributed by atoms with E-state index in [0.29, 0.717) is 0 Å². The normalized spacial score (nSPS) is 15.9. The van der Waals surface area contributed by atoms with Crippen LogP contribution in [0.1, 0.15) is 44.0 Å². The molecule has 0 spiro atoms. The third-order valence-corrected chi connectivity index (χ3v) is 3.53. The molecule has 1 aromatic heterocycles. The van der Waals surface area contributed by atoms with Gasteiger partial charge in [-0.05, 0) is 43.4 Å². The predicted molar refractivity (Wildman–Crippen MR) is 66.8 cm³/mol. The fourth-order valence-corrected chi connectivity index (χ4v) is 2.48. The lowest BCUT2D eigenvalue weighted by Gasteiger charge is -2.04. The Kier molecular flexibility index (Phi) is 2.23. The van der Waals surface area contributed by atoms with Gasteiger partial charge >= 0.3 is 0 Å². The maximum absolute atomic E-state index is 4.69. The third-order valence-electron chi connectivity index (χ3n) is 3.53. The van der Waals surface area contributed by atoms with E-state index in [1.165, 1.54) is 29.7 Å². The van der Waals surface area contributed by atoms with Crippen molar-refractivity contribution in [3.63, 3.8) is 0 Å². The average Bonchev–Trinajstić information content (AvgIpc) is 3.09. The Balaban J connectivity index is 2.19. The minimum Gasteiger partial charge on any atom is -0.328 e. The minimum absolute atomic E-state index is 0.828. The number of benzene rings is 1. The van der Waals surface area contributed by atoms with Crippen molar-refractivity contribution in [3.8, 4) is 0 Å². The van der Waals surface area contributed by atoms with E-state index in [1.54, 1.807) is 0 Å². The third kappa shape index (κ3) is 1.44. The van der Waals surface area contributed by atoms with Gasteiger partial charge in [0.2, 0.25) is 0 Å². The first-order chi connectivity index (χ1) is 7.83. The summed E-state index contributed by atoms with van der Waals surface area (Å²) in [5.41, 5.74) is 3.98. The van der Waals surface area contributed by atoms with Gasteiger partial charge in [0.25, 0.3) is 0 Å². The van der Waals surface area contributed by atoms with Gasteiger partial charge in [0.1, 0.15) is 5.82 Å². The van der Waals surface area contributed by atoms with Crippen LogP contribution in [-0.2, 0) is 13.0 Å². The molecule has 1 saturated carbocycles. The van der Waals surface area contributed by atoms with Crippen LogP contribution in [0.5, 0.6) is 0 Å². The molecule has 1 aliphatic carbocycles. The molecule has 0 atom stereocenters. The minimum atomic E-state index is 0.828. The molecule has 0 N–H and O–H groups in total. The molecule has 3 rings (SSSR count). The van der Waals surface area contributed by atoms with E-state index in [2.05, 4.69) is 41.6 Å². The van der Waals surface area contributed by atoms with Crippen LogP contribution < -0.4 is 0 Å². The summed E-state index contributed by atoms with van der Waals surface area (Å²) in [5.74, 6) is 2.04. The van der Waals surface area contributed by atoms with Crippen LogP contribution in [0.15, 0.2) is 18.2 Å². The van der Waals surface area contributed by atoms with E-state index in [9.17, 15) is 0 Å². The summed E-state index contributed by atoms with van der Waals surface area (Å²) in [4.78, 5) is 4.69. The first-order valence-corrected chi connectivity index (χ1v) is 6.32. The van der Waals surface area contributed by atoms with E-state index < -0.39 is 0 Å². The Bertz CT molecular complexity index is 521. The van der Waals surface area contributed by atoms with Crippen molar-refractivity contribution in [1.82, 2.24) is 9.55 Å². The van der Waals surface area contributed by atoms with Gasteiger partial charge < -0.3 is 4.57 Å². The van der Waals surface area contributed by atoms with Crippen molar-refractivity contribution >= 4 is 11.0 Å². The smallest absolute Gasteiger partial charge is 0.109 e. The Morgan fingerprint density at radius 3 is 2.75 bits per heavy atom. The van der Waals surface area contributed by atoms with Crippen LogP contribution in [0.3, 0.4) is 0 Å². The molecule has 2 aromatic rings. The highest BCUT2D eigenvalue weighted by Gasteiger charge is 2.24. The molecule has 1 aromatic carbocycles. The molecule has 16 heavy (non-hydrogen) atoms. The molecule has 0 bridgehead atoms. The SMILES string of the molecule is CCc1nc2ccc(C3CC3)cc2n1CC. The van der Waals surface area contributed by atoms with Gasteiger partial charge in [0, 0.05) is 13.0 Å². The van der Waals surface area contributed by atoms with Gasteiger partial charge in [-0.15, -0.1) is 0 Å². The number of aromatic nitrogens is 2. The average molecular weight is 214 g/mol. The van der Waals surface area contributed by atoms with Crippen molar-refractivity contribution in [2.45, 2.75) is 45.6 Å². The van der Waals surface area contributed by atoms with E-state index >= 15 is 0 Å². The van der Waals surface area contributed by atoms with E-state index in [-0.39, 0.29) is 0 Å². The molecule has 0 unspecified atom stereocenters. The molecule has 84 valence electrons. The molecular weight excluding hydrogens is 196 g/mol. The van der Waals surface area contributed by atoms with Crippen molar-refractivity contribution in [1.29, 1.82) is 0 Å². The second kappa shape index (κ2) is 3.62. The summed E-state index contributed by atoms with van der Waals surface area (Å²) in [6.07, 6.45) is 3.75. The lowest BCUT2D eigenvalue weighted by molar-refractivity contribution is 0.725. The second-order valence-corrected chi connectivity index (χ2v) is 4.65. The number of aryl methyl sites for hydroxylation is 2. The maximum atomic E-state index is 4.69. The zero-order valence-electron chi connectivity index (χ0n) is 10.0. The fraction of sp³-hybridized carbons (Fsp3) is 0.500. The molecule has 2 heteroatoms. The quantitative estimate of drug-likeness (QED) is 0.764. The van der Waals surface area contributed by atoms with Crippen LogP contribution >= 0.6 is 0 Å². The zero-order chi connectivity index (χ0) is 11.1. The summed E-state index contributed by atoms with van der Waals surface area (Å²) in [6, 6.07) is 6.80. The van der Waals surface area contributed by atoms with E-state index in [1.807, 2.05) is 0 Å². The van der Waals surface area contributed by atoms with Crippen LogP contribution in [0.2, 0.25) is 0 Å². The first-order valence-electron chi connectivity index (χ1n) is 6.32. The molecule has 1 fully saturated rings. The van der Waals surface area contributed by atoms with Gasteiger partial charge in [0.15, 0.2) is 0 Å². The Labute approximate surface area is 96.3 Å². The van der Waals surface area contributed by atoms with Crippen molar-refractivity contribution in [3.05, 3.63) is 29.6 Å². The van der Waals surface area contributed by atoms with E-state index in [4.69, 9.17) is 0 Å². The van der Waals surface area contributed by atoms with Gasteiger partial charge in [-0.25, -0.2) is 4.98 Å². The Morgan fingerprint density at radius 2 is 2.12 bits per heavy atom. The van der Waals surface area contributed by atoms with Gasteiger partial charge in [-0.3, -0.25) is 0 Å². The Morgan fingerprint density at radius 1 is 1.31 bits per heavy atom. The summed E-state index contributed by atoms with van der Waals surface area (Å²) in [7, 11) is 0. The standard InChI is InChI=1S/C14H18N2/c1-3-14-15-12-8-7-11(10-5-6-10)9-13(12)16(14)4-2/h7-10H,3-6H2,1-2H3. The van der Waals surface area contributed by atoms with Crippen LogP contribution in [0.4, 0.5) is 0 Å². The highest BCUT2D eigenvalue weighted by atomic mass is 15.1. The van der Waals surface area contributed by atoms with Crippen molar-refractivity contribution in [2.75, 3.05) is 0 Å². The van der Waals surface area contributed by atoms with Crippen LogP contribution in [-0.4, -0.2) is 9.55 Å². The summed E-state index contributed by atoms with van der Waals surface area (Å²) < 4.78 is 2.35. The zero-order valence-corrected chi connectivity index (χ0v) is 10.0. The largest absolute Gasteiger partial charge is 0.328 e. The number of imidazole rings is 1. The van der Waals surface area contributed by atoms with Crippen LogP contribution in [0, 0.1) is 0 Å². The lowest BCUT2D eigenvalue weighted by Crippen LogP contribution is -1.99. The van der Waals surface area contributed by atoms with Crippen molar-refractivity contribution in [2.24, 2.45) is 0 Å². The van der Waals surface area contributed by atoms with Crippen molar-refractivity contribution < 1.29 is 0 Å². The molecular formula is C14H18N2. The van der Waals surface area contributed by atoms with Gasteiger partial charge in [-0.1, -0.05) is 13.0 Å². The first kappa shape index (κ1) is 9.88. The summed E-state index contributed by atoms with van der Waals surface area (Å²) in [6.45, 7) is 5.40. The second-order valence-electron chi connectivity index (χ2n) is 4.65. The molecule has 2 nitrogen and oxygen atoms in total. The highest BCUT2D eigenvalue weighted by Crippen LogP contribution is 2.40. The van der Waals surface area contributed by atoms with Gasteiger partial charge in [-0.2, -0.15) is 0 Å². The predicted octanol–water partition coefficient (Wildman–Crippen LogP) is 3.50. The topological polar surface area (TPSA) is 17.8 Å². The molecule has 0 aliphatic heterocycles. The number of hydrogen-bond donors (Lipinski definition) is 0. The Hall–Kier alpha value is -1.31. The maximum Gasteiger partial charge on any atom is 0.109 e. The number of hydrogen-bond acceptors (Lipinski definition) is 1. The molecule has 0 radical (unpaired) electrons. The molecule has 1 heterocycles. The number of rotatable bonds is 3. The lowest BCUT2D eigenvalue weighted by atomic mass is 10.1. The molecule has 0 saturated heterocycles. The number of fused-ring (bicyclic) bond motifs is 1. The number of nitrogens with zero attached hydrogens (tertiary/aromatic N) is 2. The summed E-state index contributed by atoms with van der Waals surface area (Å²) in [5, 5.41) is 0. The highest BCUT2D eigenvalue weighted by molar-refractivity contribution is 5.77. The van der Waals surface area contributed by atoms with Gasteiger partial charge in [0.05, 0.1) is 11.0 Å². The van der Waals surface area contributed by atoms with E-state index in [0.717, 1.165) is 24.4 Å². The fourth-order valence-electron chi connectivity index (χ4n) is 2.48. The summed E-state index contributed by atoms with van der Waals surface area (Å²) >= 11 is 0. The van der Waals surface area contributed by atoms with Crippen LogP contribution in [0.25, 0.3) is 11.0 Å². The molecule has 0 amide bonds.